The number of nitrogens with one attached hydrogen (secondary N) is 3. The van der Waals surface area contributed by atoms with Crippen LogP contribution in [-0.2, 0) is 15.0 Å². The van der Waals surface area contributed by atoms with Gasteiger partial charge in [-0.3, -0.25) is 14.4 Å². The zero-order valence-electron chi connectivity index (χ0n) is 18.5. The maximum absolute atomic E-state index is 12.3. The van der Waals surface area contributed by atoms with Gasteiger partial charge in [0.05, 0.1) is 12.2 Å². The van der Waals surface area contributed by atoms with Crippen LogP contribution < -0.4 is 16.0 Å². The summed E-state index contributed by atoms with van der Waals surface area (Å²) >= 11 is 1.30. The number of anilines is 2. The van der Waals surface area contributed by atoms with Crippen LogP contribution in [0.3, 0.4) is 0 Å². The van der Waals surface area contributed by atoms with E-state index in [2.05, 4.69) is 41.7 Å². The van der Waals surface area contributed by atoms with Gasteiger partial charge in [-0.1, -0.05) is 45.0 Å². The molecule has 1 aromatic heterocycles. The molecule has 0 atom stereocenters. The van der Waals surface area contributed by atoms with Gasteiger partial charge < -0.3 is 16.0 Å². The van der Waals surface area contributed by atoms with Crippen molar-refractivity contribution in [1.29, 1.82) is 0 Å². The lowest BCUT2D eigenvalue weighted by molar-refractivity contribution is -0.115. The Bertz CT molecular complexity index is 1110. The van der Waals surface area contributed by atoms with Crippen molar-refractivity contribution in [2.24, 2.45) is 0 Å². The molecule has 0 radical (unpaired) electrons. The average molecular weight is 451 g/mol. The van der Waals surface area contributed by atoms with Gasteiger partial charge in [-0.05, 0) is 35.2 Å². The zero-order chi connectivity index (χ0) is 23.3. The Morgan fingerprint density at radius 2 is 1.59 bits per heavy atom. The number of carbonyl (C=O) groups excluding carboxylic acids is 3. The van der Waals surface area contributed by atoms with Crippen LogP contribution in [0.1, 0.15) is 43.6 Å². The summed E-state index contributed by atoms with van der Waals surface area (Å²) in [4.78, 5) is 40.1. The third-order valence-electron chi connectivity index (χ3n) is 4.67. The second-order valence-electron chi connectivity index (χ2n) is 8.35. The molecule has 0 saturated heterocycles. The number of nitrogens with zero attached hydrogens (tertiary/aromatic N) is 1. The van der Waals surface area contributed by atoms with E-state index in [4.69, 9.17) is 0 Å². The summed E-state index contributed by atoms with van der Waals surface area (Å²) in [6, 6.07) is 14.6. The van der Waals surface area contributed by atoms with Gasteiger partial charge in [-0.2, -0.15) is 0 Å². The van der Waals surface area contributed by atoms with Crippen molar-refractivity contribution >= 4 is 39.9 Å². The Kier molecular flexibility index (Phi) is 7.05. The van der Waals surface area contributed by atoms with Gasteiger partial charge in [0.1, 0.15) is 0 Å². The van der Waals surface area contributed by atoms with E-state index in [0.717, 1.165) is 11.1 Å². The topological polar surface area (TPSA) is 100 Å². The first-order chi connectivity index (χ1) is 15.1. The molecule has 32 heavy (non-hydrogen) atoms. The van der Waals surface area contributed by atoms with E-state index in [1.165, 1.54) is 18.3 Å². The van der Waals surface area contributed by atoms with Crippen LogP contribution in [-0.4, -0.2) is 29.3 Å². The van der Waals surface area contributed by atoms with Crippen molar-refractivity contribution in [1.82, 2.24) is 10.3 Å². The second kappa shape index (κ2) is 9.74. The quantitative estimate of drug-likeness (QED) is 0.517. The van der Waals surface area contributed by atoms with Crippen molar-refractivity contribution in [2.75, 3.05) is 17.2 Å². The van der Waals surface area contributed by atoms with Crippen molar-refractivity contribution in [3.05, 3.63) is 65.0 Å². The van der Waals surface area contributed by atoms with Crippen molar-refractivity contribution in [2.45, 2.75) is 33.1 Å². The molecular formula is C24H26N4O3S. The highest BCUT2D eigenvalue weighted by atomic mass is 32.1. The van der Waals surface area contributed by atoms with Gasteiger partial charge in [0.25, 0.3) is 5.91 Å². The number of carbonyl (C=O) groups is 3. The molecule has 1 heterocycles. The first-order valence-corrected chi connectivity index (χ1v) is 11.0. The molecule has 0 aliphatic rings. The Morgan fingerprint density at radius 3 is 2.19 bits per heavy atom. The molecule has 2 aromatic carbocycles. The van der Waals surface area contributed by atoms with Gasteiger partial charge in [0, 0.05) is 29.1 Å². The molecule has 0 aliphatic carbocycles. The summed E-state index contributed by atoms with van der Waals surface area (Å²) in [7, 11) is 0. The highest BCUT2D eigenvalue weighted by Gasteiger charge is 2.15. The van der Waals surface area contributed by atoms with Crippen LogP contribution >= 0.6 is 11.3 Å². The third kappa shape index (κ3) is 6.24. The fraction of sp³-hybridized carbons (Fsp3) is 0.250. The molecule has 166 valence electrons. The Morgan fingerprint density at radius 1 is 0.938 bits per heavy atom. The van der Waals surface area contributed by atoms with E-state index in [-0.39, 0.29) is 29.7 Å². The third-order valence-corrected chi connectivity index (χ3v) is 5.43. The van der Waals surface area contributed by atoms with Crippen LogP contribution in [0.15, 0.2) is 53.9 Å². The molecule has 0 unspecified atom stereocenters. The minimum absolute atomic E-state index is 0.00886. The van der Waals surface area contributed by atoms with Crippen LogP contribution in [0.25, 0.3) is 11.3 Å². The molecule has 0 spiro atoms. The Hall–Kier alpha value is -3.52. The molecule has 8 heteroatoms. The van der Waals surface area contributed by atoms with E-state index < -0.39 is 0 Å². The summed E-state index contributed by atoms with van der Waals surface area (Å²) in [5, 5.41) is 10.3. The number of benzene rings is 2. The lowest BCUT2D eigenvalue weighted by atomic mass is 9.87. The monoisotopic (exact) mass is 450 g/mol. The standard InChI is InChI=1S/C24H26N4O3S/c1-15(29)26-19-11-7-16(8-12-19)20-14-32-23(27-20)28-21(30)13-25-22(31)17-5-9-18(10-6-17)24(2,3)4/h5-12,14H,13H2,1-4H3,(H,25,31)(H,26,29)(H,27,28,30). The summed E-state index contributed by atoms with van der Waals surface area (Å²) in [6.45, 7) is 7.63. The number of amides is 3. The molecule has 3 amide bonds. The van der Waals surface area contributed by atoms with Gasteiger partial charge in [0.2, 0.25) is 11.8 Å². The van der Waals surface area contributed by atoms with Crippen LogP contribution in [0.4, 0.5) is 10.8 Å². The number of thiazole rings is 1. The highest BCUT2D eigenvalue weighted by Crippen LogP contribution is 2.26. The molecule has 0 bridgehead atoms. The zero-order valence-corrected chi connectivity index (χ0v) is 19.3. The highest BCUT2D eigenvalue weighted by molar-refractivity contribution is 7.14. The smallest absolute Gasteiger partial charge is 0.251 e. The van der Waals surface area contributed by atoms with Gasteiger partial charge in [-0.25, -0.2) is 4.98 Å². The molecule has 0 fully saturated rings. The summed E-state index contributed by atoms with van der Waals surface area (Å²) in [5.74, 6) is -0.795. The Labute approximate surface area is 191 Å². The molecule has 3 rings (SSSR count). The fourth-order valence-corrected chi connectivity index (χ4v) is 3.67. The summed E-state index contributed by atoms with van der Waals surface area (Å²) in [5.41, 5.74) is 3.93. The first-order valence-electron chi connectivity index (χ1n) is 10.1. The summed E-state index contributed by atoms with van der Waals surface area (Å²) < 4.78 is 0. The lowest BCUT2D eigenvalue weighted by Gasteiger charge is -2.19. The number of rotatable bonds is 6. The van der Waals surface area contributed by atoms with Gasteiger partial charge in [0.15, 0.2) is 5.13 Å². The van der Waals surface area contributed by atoms with E-state index in [9.17, 15) is 14.4 Å². The molecule has 0 saturated carbocycles. The minimum Gasteiger partial charge on any atom is -0.343 e. The fourth-order valence-electron chi connectivity index (χ4n) is 2.94. The maximum Gasteiger partial charge on any atom is 0.251 e. The predicted molar refractivity (Wildman–Crippen MR) is 128 cm³/mol. The average Bonchev–Trinajstić information content (AvgIpc) is 3.20. The SMILES string of the molecule is CC(=O)Nc1ccc(-c2csc(NC(=O)CNC(=O)c3ccc(C(C)(C)C)cc3)n2)cc1. The van der Waals surface area contributed by atoms with Crippen molar-refractivity contribution in [3.63, 3.8) is 0 Å². The van der Waals surface area contributed by atoms with Crippen molar-refractivity contribution < 1.29 is 14.4 Å². The van der Waals surface area contributed by atoms with Crippen molar-refractivity contribution in [3.8, 4) is 11.3 Å². The van der Waals surface area contributed by atoms with E-state index in [1.807, 2.05) is 29.6 Å². The number of hydrogen-bond acceptors (Lipinski definition) is 5. The maximum atomic E-state index is 12.3. The second-order valence-corrected chi connectivity index (χ2v) is 9.21. The Balaban J connectivity index is 1.53. The first kappa shape index (κ1) is 23.1. The van der Waals surface area contributed by atoms with E-state index in [0.29, 0.717) is 22.1 Å². The summed E-state index contributed by atoms with van der Waals surface area (Å²) in [6.07, 6.45) is 0. The molecule has 7 nitrogen and oxygen atoms in total. The minimum atomic E-state index is -0.355. The number of hydrogen-bond donors (Lipinski definition) is 3. The van der Waals surface area contributed by atoms with Crippen LogP contribution in [0, 0.1) is 0 Å². The molecule has 0 aliphatic heterocycles. The van der Waals surface area contributed by atoms with Crippen LogP contribution in [0.2, 0.25) is 0 Å². The number of aromatic nitrogens is 1. The lowest BCUT2D eigenvalue weighted by Crippen LogP contribution is -2.32. The largest absolute Gasteiger partial charge is 0.343 e. The predicted octanol–water partition coefficient (Wildman–Crippen LogP) is 4.43. The van der Waals surface area contributed by atoms with Gasteiger partial charge >= 0.3 is 0 Å². The molecular weight excluding hydrogens is 424 g/mol. The normalized spacial score (nSPS) is 11.0. The van der Waals surface area contributed by atoms with Crippen LogP contribution in [0.5, 0.6) is 0 Å². The molecule has 3 N–H and O–H groups in total. The van der Waals surface area contributed by atoms with E-state index in [1.54, 1.807) is 24.3 Å². The molecule has 3 aromatic rings. The van der Waals surface area contributed by atoms with E-state index >= 15 is 0 Å². The van der Waals surface area contributed by atoms with Gasteiger partial charge in [-0.15, -0.1) is 11.3 Å².